The van der Waals surface area contributed by atoms with Crippen molar-refractivity contribution in [2.24, 2.45) is 5.92 Å². The van der Waals surface area contributed by atoms with Crippen molar-refractivity contribution in [3.8, 4) is 0 Å². The van der Waals surface area contributed by atoms with E-state index in [2.05, 4.69) is 0 Å². The Morgan fingerprint density at radius 2 is 2.00 bits per heavy atom. The molecule has 3 atom stereocenters. The molecule has 2 saturated heterocycles. The maximum absolute atomic E-state index is 6.16. The summed E-state index contributed by atoms with van der Waals surface area (Å²) in [6.07, 6.45) is 8.16. The van der Waals surface area contributed by atoms with Gasteiger partial charge in [0.05, 0.1) is 12.5 Å². The highest BCUT2D eigenvalue weighted by Gasteiger charge is 2.59. The lowest BCUT2D eigenvalue weighted by Crippen LogP contribution is -2.53. The van der Waals surface area contributed by atoms with Crippen LogP contribution in [0.1, 0.15) is 44.9 Å². The summed E-state index contributed by atoms with van der Waals surface area (Å²) in [7, 11) is 1.68. The molecule has 1 aliphatic carbocycles. The number of methoxy groups -OCH3 is 1. The Labute approximate surface area is 126 Å². The molecule has 116 valence electrons. The largest absolute Gasteiger partial charge is 0.376 e. The fourth-order valence-corrected chi connectivity index (χ4v) is 3.98. The van der Waals surface area contributed by atoms with Gasteiger partial charge in [-0.05, 0) is 25.2 Å². The molecule has 20 heavy (non-hydrogen) atoms. The summed E-state index contributed by atoms with van der Waals surface area (Å²) >= 11 is 6.06. The zero-order chi connectivity index (χ0) is 14.1. The maximum Gasteiger partial charge on any atom is 0.211 e. The van der Waals surface area contributed by atoms with E-state index >= 15 is 0 Å². The van der Waals surface area contributed by atoms with Crippen LogP contribution in [0.25, 0.3) is 0 Å². The molecule has 1 saturated carbocycles. The second-order valence-electron chi connectivity index (χ2n) is 6.32. The molecule has 0 aromatic heterocycles. The third kappa shape index (κ3) is 2.73. The van der Waals surface area contributed by atoms with Gasteiger partial charge in [0.1, 0.15) is 12.7 Å². The highest BCUT2D eigenvalue weighted by atomic mass is 35.5. The minimum absolute atomic E-state index is 0.103. The van der Waals surface area contributed by atoms with Gasteiger partial charge in [0.2, 0.25) is 5.79 Å². The number of halogens is 1. The number of rotatable bonds is 5. The SMILES string of the molecule is CO[C@@H]1CC[C@]2(OCC3CCCCC3)COC1(CCl)O2. The van der Waals surface area contributed by atoms with Crippen LogP contribution in [0.2, 0.25) is 0 Å². The number of ether oxygens (including phenoxy) is 4. The molecule has 3 aliphatic rings. The Hall–Kier alpha value is 0.130. The Kier molecular flexibility index (Phi) is 4.58. The van der Waals surface area contributed by atoms with Crippen molar-refractivity contribution in [3.05, 3.63) is 0 Å². The summed E-state index contributed by atoms with van der Waals surface area (Å²) in [5, 5.41) is 0. The van der Waals surface area contributed by atoms with Crippen molar-refractivity contribution in [1.82, 2.24) is 0 Å². The van der Waals surface area contributed by atoms with Gasteiger partial charge in [0.15, 0.2) is 5.79 Å². The van der Waals surface area contributed by atoms with E-state index in [1.165, 1.54) is 32.1 Å². The van der Waals surface area contributed by atoms with Gasteiger partial charge < -0.3 is 18.9 Å². The normalized spacial score (nSPS) is 42.0. The molecule has 0 amide bonds. The molecule has 0 aromatic carbocycles. The van der Waals surface area contributed by atoms with Crippen LogP contribution in [0.3, 0.4) is 0 Å². The molecule has 2 bridgehead atoms. The van der Waals surface area contributed by atoms with Crippen LogP contribution >= 0.6 is 11.6 Å². The summed E-state index contributed by atoms with van der Waals surface area (Å²) in [4.78, 5) is 0. The van der Waals surface area contributed by atoms with Gasteiger partial charge in [0.25, 0.3) is 0 Å². The summed E-state index contributed by atoms with van der Waals surface area (Å²) in [5.41, 5.74) is 0. The lowest BCUT2D eigenvalue weighted by molar-refractivity contribution is -0.317. The minimum atomic E-state index is -0.818. The summed E-state index contributed by atoms with van der Waals surface area (Å²) in [6, 6.07) is 0. The highest BCUT2D eigenvalue weighted by Crippen LogP contribution is 2.46. The van der Waals surface area contributed by atoms with Crippen molar-refractivity contribution in [1.29, 1.82) is 0 Å². The molecule has 0 N–H and O–H groups in total. The molecule has 5 heteroatoms. The summed E-state index contributed by atoms with van der Waals surface area (Å²) in [6.45, 7) is 1.24. The zero-order valence-corrected chi connectivity index (χ0v) is 13.0. The predicted octanol–water partition coefficient (Wildman–Crippen LogP) is 3.07. The minimum Gasteiger partial charge on any atom is -0.376 e. The van der Waals surface area contributed by atoms with Crippen molar-refractivity contribution < 1.29 is 18.9 Å². The first-order valence-corrected chi connectivity index (χ1v) is 8.32. The van der Waals surface area contributed by atoms with Gasteiger partial charge in [-0.3, -0.25) is 0 Å². The van der Waals surface area contributed by atoms with Crippen LogP contribution in [0.15, 0.2) is 0 Å². The first-order valence-electron chi connectivity index (χ1n) is 7.79. The Morgan fingerprint density at radius 3 is 2.70 bits per heavy atom. The van der Waals surface area contributed by atoms with E-state index in [1.54, 1.807) is 7.11 Å². The van der Waals surface area contributed by atoms with E-state index in [0.717, 1.165) is 19.4 Å². The molecule has 2 aliphatic heterocycles. The van der Waals surface area contributed by atoms with Crippen LogP contribution < -0.4 is 0 Å². The number of hydrogen-bond acceptors (Lipinski definition) is 4. The molecular formula is C15H25ClO4. The van der Waals surface area contributed by atoms with E-state index in [4.69, 9.17) is 30.5 Å². The van der Waals surface area contributed by atoms with Crippen LogP contribution in [-0.4, -0.2) is 43.9 Å². The molecule has 1 unspecified atom stereocenters. The highest BCUT2D eigenvalue weighted by molar-refractivity contribution is 6.18. The van der Waals surface area contributed by atoms with Crippen LogP contribution in [0.5, 0.6) is 0 Å². The summed E-state index contributed by atoms with van der Waals surface area (Å²) < 4.78 is 23.6. The van der Waals surface area contributed by atoms with E-state index < -0.39 is 11.6 Å². The smallest absolute Gasteiger partial charge is 0.211 e. The molecule has 0 spiro atoms. The van der Waals surface area contributed by atoms with Crippen molar-refractivity contribution in [2.45, 2.75) is 62.6 Å². The standard InChI is InChI=1S/C15H25ClO4/c1-17-13-7-8-14(11-19-15(13,10-16)20-14)18-9-12-5-3-2-4-6-12/h12-13H,2-11H2,1H3/t13-,14-,15?/m1/s1. The number of fused-ring (bicyclic) bond motifs is 2. The molecule has 2 heterocycles. The molecule has 0 radical (unpaired) electrons. The van der Waals surface area contributed by atoms with Crippen molar-refractivity contribution in [2.75, 3.05) is 26.2 Å². The number of hydrogen-bond donors (Lipinski definition) is 0. The lowest BCUT2D eigenvalue weighted by atomic mass is 9.90. The third-order valence-electron chi connectivity index (χ3n) is 4.95. The predicted molar refractivity (Wildman–Crippen MR) is 75.8 cm³/mol. The van der Waals surface area contributed by atoms with Gasteiger partial charge in [-0.25, -0.2) is 0 Å². The molecule has 4 nitrogen and oxygen atoms in total. The Morgan fingerprint density at radius 1 is 1.20 bits per heavy atom. The van der Waals surface area contributed by atoms with E-state index in [-0.39, 0.29) is 12.0 Å². The fourth-order valence-electron chi connectivity index (χ4n) is 3.67. The first kappa shape index (κ1) is 15.0. The lowest BCUT2D eigenvalue weighted by Gasteiger charge is -2.41. The Balaban J connectivity index is 1.59. The zero-order valence-electron chi connectivity index (χ0n) is 12.2. The summed E-state index contributed by atoms with van der Waals surface area (Å²) in [5.74, 6) is -0.462. The second-order valence-corrected chi connectivity index (χ2v) is 6.59. The number of alkyl halides is 1. The second kappa shape index (κ2) is 6.09. The van der Waals surface area contributed by atoms with Crippen LogP contribution in [0.4, 0.5) is 0 Å². The van der Waals surface area contributed by atoms with Gasteiger partial charge >= 0.3 is 0 Å². The topological polar surface area (TPSA) is 36.9 Å². The maximum atomic E-state index is 6.16. The molecule has 0 aromatic rings. The third-order valence-corrected chi connectivity index (χ3v) is 5.32. The molecular weight excluding hydrogens is 280 g/mol. The Bertz CT molecular complexity index is 330. The van der Waals surface area contributed by atoms with Crippen molar-refractivity contribution in [3.63, 3.8) is 0 Å². The average molecular weight is 305 g/mol. The molecule has 3 fully saturated rings. The monoisotopic (exact) mass is 304 g/mol. The van der Waals surface area contributed by atoms with Gasteiger partial charge in [-0.2, -0.15) is 0 Å². The van der Waals surface area contributed by atoms with E-state index in [9.17, 15) is 0 Å². The first-order chi connectivity index (χ1) is 9.72. The van der Waals surface area contributed by atoms with Crippen LogP contribution in [0, 0.1) is 5.92 Å². The van der Waals surface area contributed by atoms with Crippen molar-refractivity contribution >= 4 is 11.6 Å². The van der Waals surface area contributed by atoms with E-state index in [0.29, 0.717) is 12.5 Å². The van der Waals surface area contributed by atoms with Gasteiger partial charge in [-0.15, -0.1) is 11.6 Å². The van der Waals surface area contributed by atoms with Crippen LogP contribution in [-0.2, 0) is 18.9 Å². The van der Waals surface area contributed by atoms with Gasteiger partial charge in [0, 0.05) is 13.5 Å². The van der Waals surface area contributed by atoms with Gasteiger partial charge in [-0.1, -0.05) is 19.3 Å². The average Bonchev–Trinajstić information content (AvgIpc) is 2.82. The fraction of sp³-hybridized carbons (Fsp3) is 1.00. The van der Waals surface area contributed by atoms with E-state index in [1.807, 2.05) is 0 Å². The molecule has 3 rings (SSSR count). The quantitative estimate of drug-likeness (QED) is 0.732.